The number of sulfonamides is 1. The van der Waals surface area contributed by atoms with Gasteiger partial charge in [0.25, 0.3) is 0 Å². The highest BCUT2D eigenvalue weighted by molar-refractivity contribution is 7.89. The van der Waals surface area contributed by atoms with Crippen LogP contribution in [0.3, 0.4) is 0 Å². The Kier molecular flexibility index (Phi) is 4.82. The maximum absolute atomic E-state index is 12.9. The molecule has 134 valence electrons. The summed E-state index contributed by atoms with van der Waals surface area (Å²) in [5.41, 5.74) is -0.833. The molecule has 0 radical (unpaired) electrons. The third kappa shape index (κ3) is 3.48. The third-order valence-corrected chi connectivity index (χ3v) is 5.98. The zero-order valence-corrected chi connectivity index (χ0v) is 13.9. The Hall–Kier alpha value is -1.81. The molecule has 0 saturated carbocycles. The van der Waals surface area contributed by atoms with Gasteiger partial charge in [-0.05, 0) is 31.5 Å². The van der Waals surface area contributed by atoms with Crippen LogP contribution in [0.2, 0.25) is 0 Å². The molecule has 1 atom stereocenters. The summed E-state index contributed by atoms with van der Waals surface area (Å²) in [6, 6.07) is 1.99. The Morgan fingerprint density at radius 3 is 2.42 bits per heavy atom. The van der Waals surface area contributed by atoms with Crippen LogP contribution in [-0.2, 0) is 16.2 Å². The summed E-state index contributed by atoms with van der Waals surface area (Å²) in [5.74, 6) is 0. The average molecular weight is 366 g/mol. The number of rotatable bonds is 2. The van der Waals surface area contributed by atoms with Crippen molar-refractivity contribution in [1.29, 1.82) is 0 Å². The minimum atomic E-state index is -4.65. The zero-order chi connectivity index (χ0) is 18.3. The van der Waals surface area contributed by atoms with E-state index >= 15 is 0 Å². The molecule has 1 fully saturated rings. The lowest BCUT2D eigenvalue weighted by molar-refractivity contribution is -0.137. The molecule has 6 nitrogen and oxygen atoms in total. The topological polar surface area (TPSA) is 77.9 Å². The summed E-state index contributed by atoms with van der Waals surface area (Å²) in [5, 5.41) is 9.02. The normalized spacial score (nSPS) is 20.2. The number of amides is 1. The molecule has 1 N–H and O–H groups in total. The minimum Gasteiger partial charge on any atom is -0.465 e. The lowest BCUT2D eigenvalue weighted by atomic mass is 10.1. The van der Waals surface area contributed by atoms with E-state index in [-0.39, 0.29) is 25.2 Å². The van der Waals surface area contributed by atoms with Crippen LogP contribution in [-0.4, -0.2) is 54.5 Å². The first-order valence-corrected chi connectivity index (χ1v) is 8.56. The fourth-order valence-corrected chi connectivity index (χ4v) is 4.38. The number of nitrogens with zero attached hydrogens (tertiary/aromatic N) is 2. The quantitative estimate of drug-likeness (QED) is 0.872. The molecule has 0 aromatic heterocycles. The van der Waals surface area contributed by atoms with E-state index in [1.54, 1.807) is 6.92 Å². The zero-order valence-electron chi connectivity index (χ0n) is 13.0. The van der Waals surface area contributed by atoms with E-state index in [1.807, 2.05) is 0 Å². The van der Waals surface area contributed by atoms with Gasteiger partial charge in [-0.25, -0.2) is 13.2 Å². The van der Waals surface area contributed by atoms with Gasteiger partial charge in [0.1, 0.15) is 0 Å². The molecule has 0 bridgehead atoms. The van der Waals surface area contributed by atoms with Gasteiger partial charge in [-0.3, -0.25) is 0 Å². The summed E-state index contributed by atoms with van der Waals surface area (Å²) in [6.07, 6.45) is -5.80. The van der Waals surface area contributed by atoms with Crippen LogP contribution in [0.1, 0.15) is 18.1 Å². The molecule has 10 heteroatoms. The second-order valence-corrected chi connectivity index (χ2v) is 7.57. The summed E-state index contributed by atoms with van der Waals surface area (Å²) >= 11 is 0. The number of halogens is 3. The Labute approximate surface area is 137 Å². The number of hydrogen-bond donors (Lipinski definition) is 1. The number of carboxylic acid groups (broad SMARTS) is 1. The number of piperazine rings is 1. The van der Waals surface area contributed by atoms with Gasteiger partial charge < -0.3 is 10.0 Å². The molecule has 2 rings (SSSR count). The van der Waals surface area contributed by atoms with Crippen molar-refractivity contribution < 1.29 is 31.5 Å². The van der Waals surface area contributed by atoms with Gasteiger partial charge in [-0.15, -0.1) is 0 Å². The lowest BCUT2D eigenvalue weighted by Crippen LogP contribution is -2.55. The fraction of sp³-hybridized carbons (Fsp3) is 0.500. The SMILES string of the molecule is Cc1ccc(C(F)(F)F)cc1S(=O)(=O)N1CCN(C(=O)O)C(C)C1. The summed E-state index contributed by atoms with van der Waals surface area (Å²) < 4.78 is 65.0. The largest absolute Gasteiger partial charge is 0.465 e. The Balaban J connectivity index is 2.36. The van der Waals surface area contributed by atoms with Gasteiger partial charge in [0.15, 0.2) is 0 Å². The van der Waals surface area contributed by atoms with Crippen LogP contribution in [0.4, 0.5) is 18.0 Å². The lowest BCUT2D eigenvalue weighted by Gasteiger charge is -2.37. The van der Waals surface area contributed by atoms with Crippen LogP contribution in [0.15, 0.2) is 23.1 Å². The van der Waals surface area contributed by atoms with Crippen LogP contribution in [0.5, 0.6) is 0 Å². The summed E-state index contributed by atoms with van der Waals surface area (Å²) in [6.45, 7) is 2.73. The highest BCUT2D eigenvalue weighted by Crippen LogP contribution is 2.33. The average Bonchev–Trinajstić information content (AvgIpc) is 2.45. The van der Waals surface area contributed by atoms with Gasteiger partial charge in [-0.1, -0.05) is 6.07 Å². The summed E-state index contributed by atoms with van der Waals surface area (Å²) in [4.78, 5) is 11.7. The molecular weight excluding hydrogens is 349 g/mol. The number of hydrogen-bond acceptors (Lipinski definition) is 3. The molecule has 1 amide bonds. The highest BCUT2D eigenvalue weighted by atomic mass is 32.2. The van der Waals surface area contributed by atoms with E-state index in [1.165, 1.54) is 6.92 Å². The molecule has 1 aliphatic rings. The second kappa shape index (κ2) is 6.25. The first kappa shape index (κ1) is 18.5. The molecule has 1 saturated heterocycles. The van der Waals surface area contributed by atoms with Crippen molar-refractivity contribution >= 4 is 16.1 Å². The van der Waals surface area contributed by atoms with Gasteiger partial charge in [-0.2, -0.15) is 17.5 Å². The fourth-order valence-electron chi connectivity index (χ4n) is 2.62. The third-order valence-electron chi connectivity index (χ3n) is 3.97. The number of benzene rings is 1. The van der Waals surface area contributed by atoms with Crippen molar-refractivity contribution in [2.45, 2.75) is 31.0 Å². The Morgan fingerprint density at radius 1 is 1.29 bits per heavy atom. The molecule has 0 aliphatic carbocycles. The van der Waals surface area contributed by atoms with E-state index < -0.39 is 38.8 Å². The second-order valence-electron chi connectivity index (χ2n) is 5.67. The van der Waals surface area contributed by atoms with Crippen molar-refractivity contribution in [3.63, 3.8) is 0 Å². The van der Waals surface area contributed by atoms with Gasteiger partial charge in [0.2, 0.25) is 10.0 Å². The molecular formula is C14H17F3N2O4S. The molecule has 1 aromatic carbocycles. The highest BCUT2D eigenvalue weighted by Gasteiger charge is 2.37. The maximum atomic E-state index is 12.9. The van der Waals surface area contributed by atoms with Gasteiger partial charge in [0, 0.05) is 25.7 Å². The van der Waals surface area contributed by atoms with E-state index in [0.29, 0.717) is 6.07 Å². The van der Waals surface area contributed by atoms with Crippen molar-refractivity contribution in [3.8, 4) is 0 Å². The number of aryl methyl sites for hydroxylation is 1. The maximum Gasteiger partial charge on any atom is 0.416 e. The molecule has 0 spiro atoms. The number of alkyl halides is 3. The van der Waals surface area contributed by atoms with Crippen LogP contribution in [0.25, 0.3) is 0 Å². The van der Waals surface area contributed by atoms with Crippen molar-refractivity contribution in [1.82, 2.24) is 9.21 Å². The van der Waals surface area contributed by atoms with E-state index in [2.05, 4.69) is 0 Å². The van der Waals surface area contributed by atoms with Crippen molar-refractivity contribution in [2.75, 3.05) is 19.6 Å². The van der Waals surface area contributed by atoms with E-state index in [9.17, 15) is 26.4 Å². The van der Waals surface area contributed by atoms with E-state index in [4.69, 9.17) is 5.11 Å². The van der Waals surface area contributed by atoms with Crippen molar-refractivity contribution in [3.05, 3.63) is 29.3 Å². The molecule has 1 aliphatic heterocycles. The van der Waals surface area contributed by atoms with Crippen LogP contribution >= 0.6 is 0 Å². The first-order valence-electron chi connectivity index (χ1n) is 7.12. The van der Waals surface area contributed by atoms with Gasteiger partial charge in [0.05, 0.1) is 10.5 Å². The predicted octanol–water partition coefficient (Wildman–Crippen LogP) is 2.39. The Bertz CT molecular complexity index is 749. The van der Waals surface area contributed by atoms with Gasteiger partial charge >= 0.3 is 12.3 Å². The van der Waals surface area contributed by atoms with E-state index in [0.717, 1.165) is 21.3 Å². The predicted molar refractivity (Wildman–Crippen MR) is 79.1 cm³/mol. The first-order chi connectivity index (χ1) is 10.9. The Morgan fingerprint density at radius 2 is 1.92 bits per heavy atom. The van der Waals surface area contributed by atoms with Crippen molar-refractivity contribution in [2.24, 2.45) is 0 Å². The molecule has 24 heavy (non-hydrogen) atoms. The summed E-state index contributed by atoms with van der Waals surface area (Å²) in [7, 11) is -4.14. The molecule has 1 aromatic rings. The monoisotopic (exact) mass is 366 g/mol. The smallest absolute Gasteiger partial charge is 0.416 e. The van der Waals surface area contributed by atoms with Crippen LogP contribution in [0, 0.1) is 6.92 Å². The standard InChI is InChI=1S/C14H17F3N2O4S/c1-9-3-4-11(14(15,16)17)7-12(9)24(22,23)18-5-6-19(13(20)21)10(2)8-18/h3-4,7,10H,5-6,8H2,1-2H3,(H,20,21). The number of carbonyl (C=O) groups is 1. The molecule has 1 heterocycles. The van der Waals surface area contributed by atoms with Crippen LogP contribution < -0.4 is 0 Å². The molecule has 1 unspecified atom stereocenters. The minimum absolute atomic E-state index is 0.0340.